The highest BCUT2D eigenvalue weighted by molar-refractivity contribution is 6.07. The number of aromatic amines is 2. The lowest BCUT2D eigenvalue weighted by Crippen LogP contribution is -2.51. The summed E-state index contributed by atoms with van der Waals surface area (Å²) in [7, 11) is 1.30. The fraction of sp³-hybridized carbons (Fsp3) is 0.360. The van der Waals surface area contributed by atoms with Gasteiger partial charge in [-0.2, -0.15) is 0 Å². The van der Waals surface area contributed by atoms with Crippen LogP contribution >= 0.6 is 0 Å². The van der Waals surface area contributed by atoms with Crippen LogP contribution in [0.2, 0.25) is 0 Å². The maximum atomic E-state index is 13.7. The van der Waals surface area contributed by atoms with Crippen molar-refractivity contribution in [3.63, 3.8) is 0 Å². The van der Waals surface area contributed by atoms with Gasteiger partial charge in [-0.15, -0.1) is 0 Å². The molecule has 2 saturated heterocycles. The molecule has 13 nitrogen and oxygen atoms in total. The molecule has 0 aliphatic carbocycles. The van der Waals surface area contributed by atoms with Crippen molar-refractivity contribution >= 4 is 67.4 Å². The van der Waals surface area contributed by atoms with Gasteiger partial charge in [0.2, 0.25) is 17.7 Å². The summed E-state index contributed by atoms with van der Waals surface area (Å²) in [6.45, 7) is 10.4. The van der Waals surface area contributed by atoms with E-state index in [0.717, 1.165) is 103 Å². The van der Waals surface area contributed by atoms with Crippen LogP contribution in [0.5, 0.6) is 0 Å². The average Bonchev–Trinajstić information content (AvgIpc) is 4.12. The number of carbonyl (C=O) groups excluding carboxylic acids is 4. The lowest BCUT2D eigenvalue weighted by atomic mass is 9.96. The lowest BCUT2D eigenvalue weighted by Gasteiger charge is -2.30. The van der Waals surface area contributed by atoms with Gasteiger partial charge in [0.1, 0.15) is 23.7 Å². The van der Waals surface area contributed by atoms with Crippen LogP contribution < -0.4 is 10.6 Å². The molecule has 4 amide bonds. The second kappa shape index (κ2) is 16.8. The molecule has 5 aromatic carbocycles. The molecule has 4 atom stereocenters. The molecule has 13 heteroatoms. The molecule has 2 fully saturated rings. The van der Waals surface area contributed by atoms with Gasteiger partial charge in [0.25, 0.3) is 0 Å². The van der Waals surface area contributed by atoms with Crippen molar-refractivity contribution in [3.8, 4) is 22.3 Å². The molecule has 63 heavy (non-hydrogen) atoms. The number of nitrogens with zero attached hydrogens (tertiary/aromatic N) is 4. The number of fused-ring (bicyclic) bond motifs is 6. The zero-order valence-corrected chi connectivity index (χ0v) is 36.6. The van der Waals surface area contributed by atoms with Gasteiger partial charge in [0, 0.05) is 30.8 Å². The third-order valence-electron chi connectivity index (χ3n) is 12.9. The minimum Gasteiger partial charge on any atom is -0.453 e. The number of H-pyrrole nitrogens is 2. The second-order valence-corrected chi connectivity index (χ2v) is 17.8. The Bertz CT molecular complexity index is 2900. The third kappa shape index (κ3) is 7.85. The van der Waals surface area contributed by atoms with Crippen molar-refractivity contribution in [3.05, 3.63) is 96.6 Å². The highest BCUT2D eigenvalue weighted by Crippen LogP contribution is 2.38. The van der Waals surface area contributed by atoms with Crippen LogP contribution in [-0.4, -0.2) is 85.8 Å². The molecule has 324 valence electrons. The Morgan fingerprint density at radius 3 is 1.46 bits per heavy atom. The summed E-state index contributed by atoms with van der Waals surface area (Å²) in [6, 6.07) is 28.2. The number of carbonyl (C=O) groups is 4. The largest absolute Gasteiger partial charge is 0.453 e. The van der Waals surface area contributed by atoms with Crippen molar-refractivity contribution < 1.29 is 23.9 Å². The van der Waals surface area contributed by atoms with Crippen molar-refractivity contribution in [2.45, 2.75) is 84.5 Å². The molecule has 0 radical (unpaired) electrons. The fourth-order valence-corrected chi connectivity index (χ4v) is 9.61. The van der Waals surface area contributed by atoms with Crippen LogP contribution in [0.1, 0.15) is 84.0 Å². The Kier molecular flexibility index (Phi) is 11.1. The number of rotatable bonds is 10. The molecule has 7 aromatic rings. The molecular formula is C50H54N8O5. The van der Waals surface area contributed by atoms with Gasteiger partial charge in [-0.3, -0.25) is 14.4 Å². The van der Waals surface area contributed by atoms with Crippen LogP contribution in [0.3, 0.4) is 0 Å². The molecule has 0 bridgehead atoms. The number of amides is 4. The summed E-state index contributed by atoms with van der Waals surface area (Å²) in [6.07, 6.45) is 2.71. The molecule has 2 aliphatic rings. The van der Waals surface area contributed by atoms with E-state index in [4.69, 9.17) is 14.7 Å². The van der Waals surface area contributed by atoms with Crippen LogP contribution in [-0.2, 0) is 19.1 Å². The Balaban J connectivity index is 0.930. The maximum absolute atomic E-state index is 13.7. The quantitative estimate of drug-likeness (QED) is 0.107. The van der Waals surface area contributed by atoms with E-state index >= 15 is 0 Å². The lowest BCUT2D eigenvalue weighted by molar-refractivity contribution is -0.138. The Labute approximate surface area is 366 Å². The Morgan fingerprint density at radius 2 is 1.05 bits per heavy atom. The standard InChI is InChI=1S/C50H54N8O5/c1-27(2)42(51-29(5)59)48(60)57-23-7-9-40(57)46-52-38-21-17-34-25-32(15-19-36(34)44(38)54-46)30-11-13-31(14-12-30)33-16-20-37-35(26-33)18-22-39-45(37)55-47(53-39)41-10-8-24-58(41)49(61)43(28(3)4)56-50(62)63-6/h11-22,25-28,40-43H,7-10,23-24H2,1-6H3,(H,51,59)(H,52,54)(H,53,55)(H,56,62)/t40-,41?,42-,43-/m0/s1. The van der Waals surface area contributed by atoms with Gasteiger partial charge in [0.15, 0.2) is 0 Å². The van der Waals surface area contributed by atoms with Gasteiger partial charge in [0.05, 0.1) is 41.3 Å². The van der Waals surface area contributed by atoms with Crippen molar-refractivity contribution in [1.29, 1.82) is 0 Å². The number of benzene rings is 5. The SMILES string of the molecule is COC(=O)N[C@H](C(=O)N1CCCC1c1nc2ccc3cc(-c4ccc(-c5ccc6c(ccc7nc([C@@H]8CCCN8C(=O)[C@@H](NC(C)=O)C(C)C)[nH]c76)c5)cc4)ccc3c2[nH]1)C(C)C. The number of nitrogens with one attached hydrogen (secondary N) is 4. The highest BCUT2D eigenvalue weighted by Gasteiger charge is 2.39. The summed E-state index contributed by atoms with van der Waals surface area (Å²) in [5, 5.41) is 9.88. The molecule has 4 heterocycles. The number of likely N-dealkylation sites (tertiary alicyclic amines) is 2. The number of hydrogen-bond donors (Lipinski definition) is 4. The van der Waals surface area contributed by atoms with Gasteiger partial charge in [-0.25, -0.2) is 14.8 Å². The summed E-state index contributed by atoms with van der Waals surface area (Å²) in [5.74, 6) is 0.984. The topological polar surface area (TPSA) is 165 Å². The second-order valence-electron chi connectivity index (χ2n) is 17.8. The minimum absolute atomic E-state index is 0.0311. The number of imidazole rings is 2. The van der Waals surface area contributed by atoms with Crippen LogP contribution in [0.4, 0.5) is 4.79 Å². The molecular weight excluding hydrogens is 793 g/mol. The molecule has 1 unspecified atom stereocenters. The first-order chi connectivity index (χ1) is 30.4. The third-order valence-corrected chi connectivity index (χ3v) is 12.9. The van der Waals surface area contributed by atoms with Crippen molar-refractivity contribution in [1.82, 2.24) is 40.4 Å². The Hall–Kier alpha value is -6.76. The number of hydrogen-bond acceptors (Lipinski definition) is 7. The van der Waals surface area contributed by atoms with E-state index in [0.29, 0.717) is 13.1 Å². The maximum Gasteiger partial charge on any atom is 0.407 e. The van der Waals surface area contributed by atoms with E-state index in [9.17, 15) is 19.2 Å². The molecule has 2 aromatic heterocycles. The van der Waals surface area contributed by atoms with Crippen molar-refractivity contribution in [2.24, 2.45) is 11.8 Å². The molecule has 2 aliphatic heterocycles. The number of methoxy groups -OCH3 is 1. The Morgan fingerprint density at radius 1 is 0.619 bits per heavy atom. The summed E-state index contributed by atoms with van der Waals surface area (Å²) in [4.78, 5) is 72.2. The first-order valence-corrected chi connectivity index (χ1v) is 22.1. The normalized spacial score (nSPS) is 17.7. The van der Waals surface area contributed by atoms with Gasteiger partial charge >= 0.3 is 6.09 Å². The predicted molar refractivity (Wildman–Crippen MR) is 246 cm³/mol. The smallest absolute Gasteiger partial charge is 0.407 e. The van der Waals surface area contributed by atoms with E-state index in [1.54, 1.807) is 0 Å². The number of ether oxygens (including phenoxy) is 1. The molecule has 4 N–H and O–H groups in total. The van der Waals surface area contributed by atoms with E-state index in [1.165, 1.54) is 14.0 Å². The number of aromatic nitrogens is 4. The first-order valence-electron chi connectivity index (χ1n) is 22.1. The van der Waals surface area contributed by atoms with Gasteiger partial charge in [-0.1, -0.05) is 88.4 Å². The van der Waals surface area contributed by atoms with E-state index < -0.39 is 18.2 Å². The minimum atomic E-state index is -0.691. The van der Waals surface area contributed by atoms with Gasteiger partial charge < -0.3 is 35.1 Å². The number of alkyl carbamates (subject to hydrolysis) is 1. The van der Waals surface area contributed by atoms with Crippen LogP contribution in [0.15, 0.2) is 84.9 Å². The van der Waals surface area contributed by atoms with Crippen LogP contribution in [0.25, 0.3) is 65.9 Å². The summed E-state index contributed by atoms with van der Waals surface area (Å²) >= 11 is 0. The summed E-state index contributed by atoms with van der Waals surface area (Å²) in [5.41, 5.74) is 8.02. The van der Waals surface area contributed by atoms with E-state index in [1.807, 2.05) is 49.6 Å². The highest BCUT2D eigenvalue weighted by atomic mass is 16.5. The zero-order chi connectivity index (χ0) is 44.1. The molecule has 0 saturated carbocycles. The first kappa shape index (κ1) is 41.6. The van der Waals surface area contributed by atoms with Crippen molar-refractivity contribution in [2.75, 3.05) is 20.2 Å². The molecule has 0 spiro atoms. The monoisotopic (exact) mass is 846 g/mol. The van der Waals surface area contributed by atoms with Gasteiger partial charge in [-0.05, 0) is 94.8 Å². The van der Waals surface area contributed by atoms with Crippen LogP contribution in [0, 0.1) is 11.8 Å². The summed E-state index contributed by atoms with van der Waals surface area (Å²) < 4.78 is 4.80. The molecule has 9 rings (SSSR count). The van der Waals surface area contributed by atoms with E-state index in [-0.39, 0.29) is 41.6 Å². The predicted octanol–water partition coefficient (Wildman–Crippen LogP) is 8.95. The van der Waals surface area contributed by atoms with E-state index in [2.05, 4.69) is 93.4 Å². The zero-order valence-electron chi connectivity index (χ0n) is 36.6. The fourth-order valence-electron chi connectivity index (χ4n) is 9.61. The average molecular weight is 847 g/mol.